The highest BCUT2D eigenvalue weighted by molar-refractivity contribution is 5.85. The van der Waals surface area contributed by atoms with Crippen LogP contribution in [-0.4, -0.2) is 46.0 Å². The van der Waals surface area contributed by atoms with Gasteiger partial charge >= 0.3 is 0 Å². The van der Waals surface area contributed by atoms with E-state index >= 15 is 0 Å². The molecule has 1 aliphatic heterocycles. The van der Waals surface area contributed by atoms with Crippen molar-refractivity contribution < 1.29 is 5.11 Å². The largest absolute Gasteiger partial charge is 0.391 e. The van der Waals surface area contributed by atoms with Crippen LogP contribution in [0, 0.1) is 5.92 Å². The Labute approximate surface area is 129 Å². The Hall–Kier alpha value is -1.47. The lowest BCUT2D eigenvalue weighted by Crippen LogP contribution is -2.30. The highest BCUT2D eigenvalue weighted by Gasteiger charge is 2.24. The summed E-state index contributed by atoms with van der Waals surface area (Å²) in [6.07, 6.45) is 5.16. The molecule has 1 saturated heterocycles. The van der Waals surface area contributed by atoms with E-state index in [0.29, 0.717) is 6.54 Å². The summed E-state index contributed by atoms with van der Waals surface area (Å²) >= 11 is 0. The van der Waals surface area contributed by atoms with Gasteiger partial charge in [0.15, 0.2) is 0 Å². The van der Waals surface area contributed by atoms with E-state index in [0.717, 1.165) is 36.5 Å². The van der Waals surface area contributed by atoms with Crippen LogP contribution in [-0.2, 0) is 6.54 Å². The van der Waals surface area contributed by atoms with Crippen LogP contribution in [0.2, 0.25) is 0 Å². The van der Waals surface area contributed by atoms with E-state index in [4.69, 9.17) is 0 Å². The molecule has 21 heavy (non-hydrogen) atoms. The van der Waals surface area contributed by atoms with E-state index in [2.05, 4.69) is 25.8 Å². The first-order chi connectivity index (χ1) is 9.84. The molecule has 6 nitrogen and oxygen atoms in total. The summed E-state index contributed by atoms with van der Waals surface area (Å²) in [7, 11) is 0. The van der Waals surface area contributed by atoms with Gasteiger partial charge in [0.2, 0.25) is 0 Å². The van der Waals surface area contributed by atoms with E-state index in [1.54, 1.807) is 6.20 Å². The topological polar surface area (TPSA) is 85.9 Å². The number of β-amino-alcohol motifs (C(OH)–C–C–N with tert-alkyl or cyclic N) is 1. The number of aromatic nitrogens is 3. The summed E-state index contributed by atoms with van der Waals surface area (Å²) in [6, 6.07) is 3.92. The molecule has 0 spiro atoms. The zero-order chi connectivity index (χ0) is 13.8. The lowest BCUT2D eigenvalue weighted by Gasteiger charge is -2.14. The molecule has 3 rings (SSSR count). The summed E-state index contributed by atoms with van der Waals surface area (Å²) in [4.78, 5) is 4.13. The Balaban J connectivity index is 0.00000161. The van der Waals surface area contributed by atoms with E-state index in [-0.39, 0.29) is 24.4 Å². The van der Waals surface area contributed by atoms with E-state index < -0.39 is 0 Å². The summed E-state index contributed by atoms with van der Waals surface area (Å²) in [5.74, 6) is 0.281. The van der Waals surface area contributed by atoms with Gasteiger partial charge in [0.1, 0.15) is 0 Å². The number of hydrogen-bond donors (Lipinski definition) is 4. The van der Waals surface area contributed by atoms with Gasteiger partial charge in [-0.15, -0.1) is 12.4 Å². The molecular weight excluding hydrogens is 290 g/mol. The third-order valence-electron chi connectivity index (χ3n) is 3.69. The molecule has 0 saturated carbocycles. The molecule has 0 amide bonds. The molecule has 2 aromatic rings. The molecule has 1 fully saturated rings. The minimum Gasteiger partial charge on any atom is -0.391 e. The third-order valence-corrected chi connectivity index (χ3v) is 3.69. The second kappa shape index (κ2) is 7.51. The fourth-order valence-corrected chi connectivity index (χ4v) is 2.53. The molecule has 3 heterocycles. The van der Waals surface area contributed by atoms with Gasteiger partial charge in [-0.05, 0) is 12.1 Å². The highest BCUT2D eigenvalue weighted by Crippen LogP contribution is 2.19. The van der Waals surface area contributed by atoms with Crippen LogP contribution in [0.4, 0.5) is 0 Å². The van der Waals surface area contributed by atoms with Crippen molar-refractivity contribution in [2.45, 2.75) is 12.6 Å². The Bertz CT molecular complexity index is 547. The third kappa shape index (κ3) is 3.79. The van der Waals surface area contributed by atoms with Gasteiger partial charge in [-0.3, -0.25) is 10.1 Å². The summed E-state index contributed by atoms with van der Waals surface area (Å²) in [6.45, 7) is 3.09. The predicted octanol–water partition coefficient (Wildman–Crippen LogP) is 0.563. The first kappa shape index (κ1) is 15.9. The number of aromatic amines is 1. The SMILES string of the molecule is Cl.OC1CNCC1CNCc1cn[nH]c1-c1cccnc1. The summed E-state index contributed by atoms with van der Waals surface area (Å²) < 4.78 is 0. The van der Waals surface area contributed by atoms with Gasteiger partial charge in [-0.2, -0.15) is 5.10 Å². The Morgan fingerprint density at radius 3 is 2.95 bits per heavy atom. The lowest BCUT2D eigenvalue weighted by atomic mass is 10.1. The van der Waals surface area contributed by atoms with Crippen molar-refractivity contribution in [2.75, 3.05) is 19.6 Å². The van der Waals surface area contributed by atoms with Crippen LogP contribution < -0.4 is 10.6 Å². The molecule has 0 radical (unpaired) electrons. The molecule has 0 bridgehead atoms. The van der Waals surface area contributed by atoms with E-state index in [1.165, 1.54) is 0 Å². The summed E-state index contributed by atoms with van der Waals surface area (Å²) in [5.41, 5.74) is 3.14. The van der Waals surface area contributed by atoms with Gasteiger partial charge in [0.05, 0.1) is 18.0 Å². The quantitative estimate of drug-likeness (QED) is 0.648. The number of H-pyrrole nitrogens is 1. The summed E-state index contributed by atoms with van der Waals surface area (Å²) in [5, 5.41) is 23.5. The molecule has 2 atom stereocenters. The van der Waals surface area contributed by atoms with Crippen LogP contribution >= 0.6 is 12.4 Å². The number of hydrogen-bond acceptors (Lipinski definition) is 5. The molecule has 2 aromatic heterocycles. The molecule has 0 aliphatic carbocycles. The second-order valence-electron chi connectivity index (χ2n) is 5.13. The van der Waals surface area contributed by atoms with Crippen LogP contribution in [0.5, 0.6) is 0 Å². The first-order valence-corrected chi connectivity index (χ1v) is 6.86. The average molecular weight is 310 g/mol. The number of nitrogens with one attached hydrogen (secondary N) is 3. The van der Waals surface area contributed by atoms with Crippen molar-refractivity contribution in [1.29, 1.82) is 0 Å². The fraction of sp³-hybridized carbons (Fsp3) is 0.429. The van der Waals surface area contributed by atoms with Crippen molar-refractivity contribution in [3.63, 3.8) is 0 Å². The number of pyridine rings is 1. The molecule has 1 aliphatic rings. The number of rotatable bonds is 5. The maximum Gasteiger partial charge on any atom is 0.0716 e. The Morgan fingerprint density at radius 2 is 2.24 bits per heavy atom. The van der Waals surface area contributed by atoms with Crippen molar-refractivity contribution >= 4 is 12.4 Å². The number of aliphatic hydroxyl groups excluding tert-OH is 1. The second-order valence-corrected chi connectivity index (χ2v) is 5.13. The van der Waals surface area contributed by atoms with Crippen LogP contribution in [0.25, 0.3) is 11.3 Å². The maximum absolute atomic E-state index is 9.75. The van der Waals surface area contributed by atoms with Crippen LogP contribution in [0.3, 0.4) is 0 Å². The fourth-order valence-electron chi connectivity index (χ4n) is 2.53. The smallest absolute Gasteiger partial charge is 0.0716 e. The van der Waals surface area contributed by atoms with Crippen molar-refractivity contribution in [1.82, 2.24) is 25.8 Å². The lowest BCUT2D eigenvalue weighted by molar-refractivity contribution is 0.146. The molecule has 2 unspecified atom stereocenters. The zero-order valence-corrected chi connectivity index (χ0v) is 12.4. The number of halogens is 1. The van der Waals surface area contributed by atoms with Gasteiger partial charge in [0.25, 0.3) is 0 Å². The maximum atomic E-state index is 9.75. The molecule has 114 valence electrons. The Kier molecular flexibility index (Phi) is 5.69. The highest BCUT2D eigenvalue weighted by atomic mass is 35.5. The van der Waals surface area contributed by atoms with E-state index in [1.807, 2.05) is 24.5 Å². The minimum atomic E-state index is -0.246. The predicted molar refractivity (Wildman–Crippen MR) is 83.1 cm³/mol. The molecule has 0 aromatic carbocycles. The zero-order valence-electron chi connectivity index (χ0n) is 11.6. The molecule has 7 heteroatoms. The normalized spacial score (nSPS) is 21.2. The van der Waals surface area contributed by atoms with Crippen molar-refractivity contribution in [2.24, 2.45) is 5.92 Å². The monoisotopic (exact) mass is 309 g/mol. The van der Waals surface area contributed by atoms with Gasteiger partial charge in [-0.25, -0.2) is 0 Å². The Morgan fingerprint density at radius 1 is 1.33 bits per heavy atom. The van der Waals surface area contributed by atoms with E-state index in [9.17, 15) is 5.11 Å². The van der Waals surface area contributed by atoms with Gasteiger partial charge in [-0.1, -0.05) is 0 Å². The van der Waals surface area contributed by atoms with Crippen LogP contribution in [0.15, 0.2) is 30.7 Å². The first-order valence-electron chi connectivity index (χ1n) is 6.86. The standard InChI is InChI=1S/C14H19N5O.ClH/c20-13-9-17-6-11(13)5-16-7-12-8-18-19-14(12)10-2-1-3-15-4-10;/h1-4,8,11,13,16-17,20H,5-7,9H2,(H,18,19);1H. The number of aliphatic hydroxyl groups is 1. The van der Waals surface area contributed by atoms with Crippen LogP contribution in [0.1, 0.15) is 5.56 Å². The van der Waals surface area contributed by atoms with Crippen molar-refractivity contribution in [3.05, 3.63) is 36.3 Å². The minimum absolute atomic E-state index is 0. The number of nitrogens with zero attached hydrogens (tertiary/aromatic N) is 2. The molecular formula is C14H20ClN5O. The van der Waals surface area contributed by atoms with Gasteiger partial charge in [0, 0.05) is 55.6 Å². The van der Waals surface area contributed by atoms with Crippen molar-refractivity contribution in [3.8, 4) is 11.3 Å². The van der Waals surface area contributed by atoms with Gasteiger partial charge < -0.3 is 15.7 Å². The molecule has 4 N–H and O–H groups in total. The average Bonchev–Trinajstić information content (AvgIpc) is 3.10.